The highest BCUT2D eigenvalue weighted by Gasteiger charge is 2.42. The fourth-order valence-electron chi connectivity index (χ4n) is 5.18. The van der Waals surface area contributed by atoms with Crippen LogP contribution in [-0.2, 0) is 11.2 Å². The number of pyridine rings is 1. The van der Waals surface area contributed by atoms with Crippen LogP contribution in [-0.4, -0.2) is 42.5 Å². The molecule has 0 aliphatic carbocycles. The van der Waals surface area contributed by atoms with Gasteiger partial charge in [-0.1, -0.05) is 67.6 Å². The first-order chi connectivity index (χ1) is 15.6. The second-order valence-corrected chi connectivity index (χ2v) is 9.09. The number of benzene rings is 2. The van der Waals surface area contributed by atoms with Crippen molar-refractivity contribution in [3.05, 3.63) is 90.3 Å². The molecule has 1 aliphatic rings. The molecule has 2 atom stereocenters. The third-order valence-electron chi connectivity index (χ3n) is 6.78. The number of nitrogens with zero attached hydrogens (tertiary/aromatic N) is 2. The number of amides is 1. The van der Waals surface area contributed by atoms with Crippen molar-refractivity contribution in [1.29, 1.82) is 0 Å². The minimum Gasteiger partial charge on any atom is -0.359 e. The molecule has 1 aliphatic heterocycles. The molecule has 1 amide bonds. The van der Waals surface area contributed by atoms with E-state index < -0.39 is 5.41 Å². The van der Waals surface area contributed by atoms with E-state index in [2.05, 4.69) is 82.8 Å². The molecule has 0 bridgehead atoms. The Bertz CT molecular complexity index is 1020. The van der Waals surface area contributed by atoms with Crippen molar-refractivity contribution in [2.24, 2.45) is 5.41 Å². The molecule has 32 heavy (non-hydrogen) atoms. The molecule has 4 heteroatoms. The largest absolute Gasteiger partial charge is 0.359 e. The summed E-state index contributed by atoms with van der Waals surface area (Å²) in [6.07, 6.45) is 6.37. The Morgan fingerprint density at radius 3 is 2.62 bits per heavy atom. The van der Waals surface area contributed by atoms with Crippen molar-refractivity contribution < 1.29 is 4.79 Å². The second-order valence-electron chi connectivity index (χ2n) is 9.09. The lowest BCUT2D eigenvalue weighted by atomic mass is 9.73. The predicted molar refractivity (Wildman–Crippen MR) is 130 cm³/mol. The second kappa shape index (κ2) is 10.1. The maximum Gasteiger partial charge on any atom is 0.227 e. The molecule has 0 saturated carbocycles. The number of likely N-dealkylation sites (tertiary alicyclic amines) is 1. The van der Waals surface area contributed by atoms with Gasteiger partial charge >= 0.3 is 0 Å². The summed E-state index contributed by atoms with van der Waals surface area (Å²) in [6, 6.07) is 23.2. The zero-order valence-corrected chi connectivity index (χ0v) is 19.1. The molecule has 1 saturated heterocycles. The SMILES string of the molecule is CNC(=O)[C@]1(Cc2ccccc2-c2cccnc2)CCCN(C[C@@H](C)c2ccccc2)C1. The van der Waals surface area contributed by atoms with Gasteiger partial charge in [-0.15, -0.1) is 0 Å². The third-order valence-corrected chi connectivity index (χ3v) is 6.78. The summed E-state index contributed by atoms with van der Waals surface area (Å²) >= 11 is 0. The van der Waals surface area contributed by atoms with E-state index in [9.17, 15) is 4.79 Å². The fraction of sp³-hybridized carbons (Fsp3) is 0.357. The molecule has 2 heterocycles. The molecular weight excluding hydrogens is 394 g/mol. The normalized spacial score (nSPS) is 19.9. The fourth-order valence-corrected chi connectivity index (χ4v) is 5.18. The monoisotopic (exact) mass is 427 g/mol. The first-order valence-corrected chi connectivity index (χ1v) is 11.6. The predicted octanol–water partition coefficient (Wildman–Crippen LogP) is 4.92. The molecule has 166 valence electrons. The Kier molecular flexibility index (Phi) is 7.01. The standard InChI is InChI=1S/C28H33N3O/c1-22(23-10-4-3-5-11-23)20-31-17-9-15-28(21-31,27(32)29-2)18-24-12-6-7-14-26(24)25-13-8-16-30-19-25/h3-8,10-14,16,19,22H,9,15,17-18,20-21H2,1-2H3,(H,29,32)/t22-,28+/m1/s1. The average Bonchev–Trinajstić information content (AvgIpc) is 2.85. The topological polar surface area (TPSA) is 45.2 Å². The van der Waals surface area contributed by atoms with Crippen LogP contribution in [0.1, 0.15) is 36.8 Å². The molecule has 1 N–H and O–H groups in total. The number of piperidine rings is 1. The summed E-state index contributed by atoms with van der Waals surface area (Å²) < 4.78 is 0. The van der Waals surface area contributed by atoms with E-state index in [-0.39, 0.29) is 5.91 Å². The summed E-state index contributed by atoms with van der Waals surface area (Å²) in [5.74, 6) is 0.579. The lowest BCUT2D eigenvalue weighted by molar-refractivity contribution is -0.134. The number of rotatable bonds is 7. The Hall–Kier alpha value is -2.98. The van der Waals surface area contributed by atoms with Crippen LogP contribution in [0.4, 0.5) is 0 Å². The molecule has 1 aromatic heterocycles. The Labute approximate surface area is 191 Å². The van der Waals surface area contributed by atoms with Crippen LogP contribution in [0, 0.1) is 5.41 Å². The number of hydrogen-bond donors (Lipinski definition) is 1. The number of carbonyl (C=O) groups is 1. The van der Waals surface area contributed by atoms with Crippen LogP contribution in [0.2, 0.25) is 0 Å². The first kappa shape index (κ1) is 22.2. The van der Waals surface area contributed by atoms with Crippen molar-refractivity contribution in [2.45, 2.75) is 32.1 Å². The van der Waals surface area contributed by atoms with Gasteiger partial charge in [0.1, 0.15) is 0 Å². The van der Waals surface area contributed by atoms with Gasteiger partial charge in [-0.05, 0) is 54.5 Å². The summed E-state index contributed by atoms with van der Waals surface area (Å²) in [4.78, 5) is 20.1. The zero-order valence-electron chi connectivity index (χ0n) is 19.1. The van der Waals surface area contributed by atoms with E-state index in [4.69, 9.17) is 0 Å². The summed E-state index contributed by atoms with van der Waals surface area (Å²) in [6.45, 7) is 5.07. The molecule has 4 rings (SSSR count). The van der Waals surface area contributed by atoms with Gasteiger partial charge in [0, 0.05) is 38.1 Å². The van der Waals surface area contributed by atoms with Crippen molar-refractivity contribution in [2.75, 3.05) is 26.7 Å². The van der Waals surface area contributed by atoms with Crippen LogP contribution >= 0.6 is 0 Å². The van der Waals surface area contributed by atoms with Crippen LogP contribution in [0.15, 0.2) is 79.1 Å². The van der Waals surface area contributed by atoms with Gasteiger partial charge in [-0.25, -0.2) is 0 Å². The molecule has 0 radical (unpaired) electrons. The number of hydrogen-bond acceptors (Lipinski definition) is 3. The molecule has 0 spiro atoms. The third kappa shape index (κ3) is 4.91. The van der Waals surface area contributed by atoms with Crippen LogP contribution < -0.4 is 5.32 Å². The van der Waals surface area contributed by atoms with E-state index in [0.717, 1.165) is 44.5 Å². The summed E-state index contributed by atoms with van der Waals surface area (Å²) in [5.41, 5.74) is 4.40. The highest BCUT2D eigenvalue weighted by Crippen LogP contribution is 2.37. The smallest absolute Gasteiger partial charge is 0.227 e. The lowest BCUT2D eigenvalue weighted by Crippen LogP contribution is -2.53. The Balaban J connectivity index is 1.59. The Morgan fingerprint density at radius 1 is 1.09 bits per heavy atom. The van der Waals surface area contributed by atoms with Gasteiger partial charge in [0.25, 0.3) is 0 Å². The summed E-state index contributed by atoms with van der Waals surface area (Å²) in [5, 5.41) is 2.98. The van der Waals surface area contributed by atoms with E-state index in [1.807, 2.05) is 12.3 Å². The molecule has 3 aromatic rings. The number of aromatic nitrogens is 1. The van der Waals surface area contributed by atoms with Gasteiger partial charge in [0.05, 0.1) is 5.41 Å². The van der Waals surface area contributed by atoms with Crippen molar-refractivity contribution in [3.8, 4) is 11.1 Å². The highest BCUT2D eigenvalue weighted by atomic mass is 16.2. The van der Waals surface area contributed by atoms with Gasteiger partial charge in [-0.3, -0.25) is 9.78 Å². The maximum absolute atomic E-state index is 13.3. The van der Waals surface area contributed by atoms with Crippen LogP contribution in [0.25, 0.3) is 11.1 Å². The quantitative estimate of drug-likeness (QED) is 0.582. The van der Waals surface area contributed by atoms with E-state index in [1.54, 1.807) is 13.2 Å². The molecule has 0 unspecified atom stereocenters. The van der Waals surface area contributed by atoms with Gasteiger partial charge in [0.2, 0.25) is 5.91 Å². The van der Waals surface area contributed by atoms with E-state index in [0.29, 0.717) is 5.92 Å². The van der Waals surface area contributed by atoms with Crippen LogP contribution in [0.3, 0.4) is 0 Å². The average molecular weight is 428 g/mol. The zero-order chi connectivity index (χ0) is 22.4. The van der Waals surface area contributed by atoms with Gasteiger partial charge in [0.15, 0.2) is 0 Å². The molecule has 1 fully saturated rings. The van der Waals surface area contributed by atoms with Gasteiger partial charge in [-0.2, -0.15) is 0 Å². The van der Waals surface area contributed by atoms with Crippen molar-refractivity contribution >= 4 is 5.91 Å². The van der Waals surface area contributed by atoms with Gasteiger partial charge < -0.3 is 10.2 Å². The molecule has 4 nitrogen and oxygen atoms in total. The van der Waals surface area contributed by atoms with Crippen LogP contribution in [0.5, 0.6) is 0 Å². The molecular formula is C28H33N3O. The lowest BCUT2D eigenvalue weighted by Gasteiger charge is -2.42. The highest BCUT2D eigenvalue weighted by molar-refractivity contribution is 5.83. The maximum atomic E-state index is 13.3. The summed E-state index contributed by atoms with van der Waals surface area (Å²) in [7, 11) is 1.77. The minimum atomic E-state index is -0.429. The van der Waals surface area contributed by atoms with Crippen molar-refractivity contribution in [1.82, 2.24) is 15.2 Å². The number of carbonyl (C=O) groups excluding carboxylic acids is 1. The Morgan fingerprint density at radius 2 is 1.88 bits per heavy atom. The first-order valence-electron chi connectivity index (χ1n) is 11.6. The van der Waals surface area contributed by atoms with Crippen molar-refractivity contribution in [3.63, 3.8) is 0 Å². The van der Waals surface area contributed by atoms with E-state index >= 15 is 0 Å². The molecule has 2 aromatic carbocycles. The van der Waals surface area contributed by atoms with E-state index in [1.165, 1.54) is 16.7 Å². The number of nitrogens with one attached hydrogen (secondary N) is 1. The minimum absolute atomic E-state index is 0.149.